The summed E-state index contributed by atoms with van der Waals surface area (Å²) in [6.07, 6.45) is 0. The van der Waals surface area contributed by atoms with Crippen molar-refractivity contribution in [2.24, 2.45) is 19.8 Å². The first-order valence-corrected chi connectivity index (χ1v) is 8.10. The lowest BCUT2D eigenvalue weighted by molar-refractivity contribution is 0.628. The minimum Gasteiger partial charge on any atom is -0.383 e. The second kappa shape index (κ2) is 6.08. The van der Waals surface area contributed by atoms with Crippen LogP contribution in [0.25, 0.3) is 22.2 Å². The number of nitrogens with zero attached hydrogens (tertiary/aromatic N) is 3. The predicted octanol–water partition coefficient (Wildman–Crippen LogP) is 1.24. The van der Waals surface area contributed by atoms with Crippen LogP contribution in [0.3, 0.4) is 0 Å². The summed E-state index contributed by atoms with van der Waals surface area (Å²) in [5.74, 6) is -0.393. The molecule has 0 fully saturated rings. The number of nitrogen functional groups attached to an aromatic ring is 1. The Morgan fingerprint density at radius 1 is 1.24 bits per heavy atom. The SMILES string of the molecule is Cn1c(=O)c2c(-c3cc(F)ccc3Br)c(CN)c(N)nc2n(C)c1=O. The summed E-state index contributed by atoms with van der Waals surface area (Å²) >= 11 is 3.37. The summed E-state index contributed by atoms with van der Waals surface area (Å²) in [6, 6.07) is 4.10. The van der Waals surface area contributed by atoms with Crippen LogP contribution in [0.1, 0.15) is 5.56 Å². The molecule has 0 saturated carbocycles. The molecule has 0 amide bonds. The van der Waals surface area contributed by atoms with Crippen LogP contribution < -0.4 is 22.7 Å². The maximum absolute atomic E-state index is 13.9. The molecule has 0 aliphatic heterocycles. The first-order chi connectivity index (χ1) is 11.8. The number of hydrogen-bond acceptors (Lipinski definition) is 5. The van der Waals surface area contributed by atoms with Gasteiger partial charge in [-0.05, 0) is 18.2 Å². The van der Waals surface area contributed by atoms with Crippen molar-refractivity contribution in [3.63, 3.8) is 0 Å². The Bertz CT molecular complexity index is 1140. The van der Waals surface area contributed by atoms with Crippen LogP contribution in [0.15, 0.2) is 32.3 Å². The van der Waals surface area contributed by atoms with Crippen LogP contribution in [-0.2, 0) is 20.6 Å². The van der Waals surface area contributed by atoms with E-state index in [0.29, 0.717) is 21.2 Å². The van der Waals surface area contributed by atoms with Gasteiger partial charge in [0.25, 0.3) is 5.56 Å². The van der Waals surface area contributed by atoms with E-state index in [2.05, 4.69) is 20.9 Å². The monoisotopic (exact) mass is 407 g/mol. The van der Waals surface area contributed by atoms with Crippen molar-refractivity contribution in [2.45, 2.75) is 6.54 Å². The maximum Gasteiger partial charge on any atom is 0.332 e. The molecule has 0 saturated heterocycles. The van der Waals surface area contributed by atoms with Crippen LogP contribution in [0.2, 0.25) is 0 Å². The Morgan fingerprint density at radius 2 is 1.92 bits per heavy atom. The van der Waals surface area contributed by atoms with Crippen molar-refractivity contribution >= 4 is 32.8 Å². The topological polar surface area (TPSA) is 109 Å². The van der Waals surface area contributed by atoms with Gasteiger partial charge in [-0.25, -0.2) is 14.2 Å². The average Bonchev–Trinajstić information content (AvgIpc) is 2.59. The Morgan fingerprint density at radius 3 is 2.56 bits per heavy atom. The van der Waals surface area contributed by atoms with E-state index >= 15 is 0 Å². The molecule has 3 aromatic rings. The number of nitrogens with two attached hydrogens (primary N) is 2. The highest BCUT2D eigenvalue weighted by Gasteiger charge is 2.22. The Kier molecular flexibility index (Phi) is 4.21. The summed E-state index contributed by atoms with van der Waals surface area (Å²) in [6.45, 7) is -0.000937. The summed E-state index contributed by atoms with van der Waals surface area (Å²) < 4.78 is 16.6. The number of anilines is 1. The third-order valence-electron chi connectivity index (χ3n) is 4.12. The third kappa shape index (κ3) is 2.56. The van der Waals surface area contributed by atoms with Gasteiger partial charge in [0.2, 0.25) is 0 Å². The molecule has 0 aliphatic rings. The van der Waals surface area contributed by atoms with Gasteiger partial charge in [-0.15, -0.1) is 0 Å². The number of hydrogen-bond donors (Lipinski definition) is 2. The Labute approximate surface area is 149 Å². The summed E-state index contributed by atoms with van der Waals surface area (Å²) in [4.78, 5) is 29.2. The average molecular weight is 408 g/mol. The molecule has 2 aromatic heterocycles. The third-order valence-corrected chi connectivity index (χ3v) is 4.81. The minimum absolute atomic E-state index is 0.000937. The van der Waals surface area contributed by atoms with Gasteiger partial charge in [-0.3, -0.25) is 13.9 Å². The normalized spacial score (nSPS) is 11.2. The molecule has 25 heavy (non-hydrogen) atoms. The van der Waals surface area contributed by atoms with Crippen molar-refractivity contribution in [2.75, 3.05) is 5.73 Å². The lowest BCUT2D eigenvalue weighted by Gasteiger charge is -2.17. The largest absolute Gasteiger partial charge is 0.383 e. The number of pyridine rings is 1. The molecule has 7 nitrogen and oxygen atoms in total. The summed E-state index contributed by atoms with van der Waals surface area (Å²) in [5.41, 5.74) is 12.1. The highest BCUT2D eigenvalue weighted by atomic mass is 79.9. The molecule has 0 spiro atoms. The number of fused-ring (bicyclic) bond motifs is 1. The van der Waals surface area contributed by atoms with E-state index in [1.54, 1.807) is 0 Å². The lowest BCUT2D eigenvalue weighted by atomic mass is 9.97. The van der Waals surface area contributed by atoms with Crippen LogP contribution in [0.4, 0.5) is 10.2 Å². The molecule has 130 valence electrons. The number of aryl methyl sites for hydroxylation is 1. The molecule has 4 N–H and O–H groups in total. The van der Waals surface area contributed by atoms with Gasteiger partial charge in [-0.2, -0.15) is 0 Å². The molecule has 0 radical (unpaired) electrons. The lowest BCUT2D eigenvalue weighted by Crippen LogP contribution is -2.38. The summed E-state index contributed by atoms with van der Waals surface area (Å²) in [7, 11) is 2.86. The van der Waals surface area contributed by atoms with Gasteiger partial charge >= 0.3 is 5.69 Å². The molecule has 0 bridgehead atoms. The molecule has 0 atom stereocenters. The Hall–Kier alpha value is -2.52. The van der Waals surface area contributed by atoms with Gasteiger partial charge in [0.1, 0.15) is 11.6 Å². The van der Waals surface area contributed by atoms with E-state index < -0.39 is 17.1 Å². The Balaban J connectivity index is 2.68. The predicted molar refractivity (Wildman–Crippen MR) is 97.6 cm³/mol. The molecule has 0 aliphatic carbocycles. The molecular weight excluding hydrogens is 393 g/mol. The number of halogens is 2. The zero-order valence-electron chi connectivity index (χ0n) is 13.5. The van der Waals surface area contributed by atoms with E-state index in [0.717, 1.165) is 4.57 Å². The number of rotatable bonds is 2. The van der Waals surface area contributed by atoms with Crippen LogP contribution in [0.5, 0.6) is 0 Å². The van der Waals surface area contributed by atoms with Crippen molar-refractivity contribution in [3.05, 3.63) is 54.9 Å². The van der Waals surface area contributed by atoms with Crippen molar-refractivity contribution in [1.82, 2.24) is 14.1 Å². The van der Waals surface area contributed by atoms with Crippen LogP contribution >= 0.6 is 15.9 Å². The quantitative estimate of drug-likeness (QED) is 0.663. The van der Waals surface area contributed by atoms with E-state index in [4.69, 9.17) is 11.5 Å². The molecular formula is C16H15BrFN5O2. The second-order valence-electron chi connectivity index (χ2n) is 5.58. The van der Waals surface area contributed by atoms with Crippen LogP contribution in [0, 0.1) is 5.82 Å². The summed E-state index contributed by atoms with van der Waals surface area (Å²) in [5, 5.41) is 0.158. The van der Waals surface area contributed by atoms with Gasteiger partial charge < -0.3 is 11.5 Å². The first kappa shape index (κ1) is 17.3. The van der Waals surface area contributed by atoms with Gasteiger partial charge in [0, 0.05) is 41.8 Å². The van der Waals surface area contributed by atoms with E-state index in [1.807, 2.05) is 0 Å². The molecule has 9 heteroatoms. The zero-order chi connectivity index (χ0) is 18.5. The smallest absolute Gasteiger partial charge is 0.332 e. The van der Waals surface area contributed by atoms with Crippen molar-refractivity contribution in [3.8, 4) is 11.1 Å². The number of benzene rings is 1. The van der Waals surface area contributed by atoms with Crippen molar-refractivity contribution in [1.29, 1.82) is 0 Å². The minimum atomic E-state index is -0.550. The molecule has 2 heterocycles. The van der Waals surface area contributed by atoms with Gasteiger partial charge in [0.05, 0.1) is 5.39 Å². The van der Waals surface area contributed by atoms with Crippen LogP contribution in [-0.4, -0.2) is 14.1 Å². The number of aromatic nitrogens is 3. The fraction of sp³-hybridized carbons (Fsp3) is 0.188. The fourth-order valence-electron chi connectivity index (χ4n) is 2.84. The molecule has 1 aromatic carbocycles. The van der Waals surface area contributed by atoms with Gasteiger partial charge in [0.15, 0.2) is 5.65 Å². The standard InChI is InChI=1S/C16H15BrFN5O2/c1-22-14-12(15(24)23(2)16(22)25)11(9(6-19)13(20)21-14)8-5-7(18)3-4-10(8)17/h3-5H,6,19H2,1-2H3,(H2,20,21). The molecule has 0 unspecified atom stereocenters. The van der Waals surface area contributed by atoms with Crippen molar-refractivity contribution < 1.29 is 4.39 Å². The molecule has 3 rings (SSSR count). The fourth-order valence-corrected chi connectivity index (χ4v) is 3.28. The van der Waals surface area contributed by atoms with E-state index in [-0.39, 0.29) is 23.4 Å². The van der Waals surface area contributed by atoms with E-state index in [9.17, 15) is 14.0 Å². The maximum atomic E-state index is 13.9. The highest BCUT2D eigenvalue weighted by Crippen LogP contribution is 2.36. The van der Waals surface area contributed by atoms with Gasteiger partial charge in [-0.1, -0.05) is 15.9 Å². The first-order valence-electron chi connectivity index (χ1n) is 7.31. The second-order valence-corrected chi connectivity index (χ2v) is 6.44. The van der Waals surface area contributed by atoms with E-state index in [1.165, 1.54) is 36.9 Å². The highest BCUT2D eigenvalue weighted by molar-refractivity contribution is 9.10. The zero-order valence-corrected chi connectivity index (χ0v) is 15.1.